The van der Waals surface area contributed by atoms with Gasteiger partial charge in [0.25, 0.3) is 5.91 Å². The quantitative estimate of drug-likeness (QED) is 0.894. The van der Waals surface area contributed by atoms with Crippen LogP contribution in [0.15, 0.2) is 22.7 Å². The van der Waals surface area contributed by atoms with E-state index in [0.29, 0.717) is 18.7 Å². The molecule has 0 unspecified atom stereocenters. The number of carbonyl (C=O) groups excluding carboxylic acids is 1. The van der Waals surface area contributed by atoms with Crippen LogP contribution in [0.2, 0.25) is 0 Å². The minimum atomic E-state index is -0.0748. The van der Waals surface area contributed by atoms with Crippen molar-refractivity contribution in [3.63, 3.8) is 0 Å². The summed E-state index contributed by atoms with van der Waals surface area (Å²) in [6.07, 6.45) is 0. The van der Waals surface area contributed by atoms with Crippen LogP contribution in [-0.2, 0) is 0 Å². The molecule has 0 heterocycles. The smallest absolute Gasteiger partial charge is 0.251 e. The first-order valence-electron chi connectivity index (χ1n) is 4.39. The zero-order chi connectivity index (χ0) is 10.6. The van der Waals surface area contributed by atoms with Gasteiger partial charge < -0.3 is 11.1 Å². The van der Waals surface area contributed by atoms with Crippen LogP contribution >= 0.6 is 28.3 Å². The van der Waals surface area contributed by atoms with E-state index < -0.39 is 0 Å². The van der Waals surface area contributed by atoms with Crippen molar-refractivity contribution in [2.75, 3.05) is 13.1 Å². The molecule has 0 saturated heterocycles. The van der Waals surface area contributed by atoms with Gasteiger partial charge in [0, 0.05) is 23.1 Å². The minimum Gasteiger partial charge on any atom is -0.351 e. The first-order chi connectivity index (χ1) is 6.65. The third-order valence-electron chi connectivity index (χ3n) is 1.87. The van der Waals surface area contributed by atoms with Crippen LogP contribution in [0.4, 0.5) is 0 Å². The highest BCUT2D eigenvalue weighted by molar-refractivity contribution is 9.10. The summed E-state index contributed by atoms with van der Waals surface area (Å²) in [4.78, 5) is 11.6. The van der Waals surface area contributed by atoms with Gasteiger partial charge >= 0.3 is 0 Å². The number of aryl methyl sites for hydroxylation is 1. The van der Waals surface area contributed by atoms with E-state index >= 15 is 0 Å². The summed E-state index contributed by atoms with van der Waals surface area (Å²) in [5.74, 6) is -0.0748. The Bertz CT molecular complexity index is 344. The summed E-state index contributed by atoms with van der Waals surface area (Å²) in [6, 6.07) is 5.62. The predicted octanol–water partition coefficient (Wildman–Crippen LogP) is 1.87. The Kier molecular flexibility index (Phi) is 6.56. The second kappa shape index (κ2) is 6.82. The summed E-state index contributed by atoms with van der Waals surface area (Å²) < 4.78 is 0.904. The Morgan fingerprint density at radius 2 is 2.20 bits per heavy atom. The average Bonchev–Trinajstić information content (AvgIpc) is 2.18. The third kappa shape index (κ3) is 4.20. The number of hydrogen-bond donors (Lipinski definition) is 2. The van der Waals surface area contributed by atoms with Crippen molar-refractivity contribution in [1.29, 1.82) is 0 Å². The first kappa shape index (κ1) is 14.4. The standard InChI is InChI=1S/C10H13BrN2O.ClH/c1-7-2-3-8(11)6-9(7)10(14)13-5-4-12;/h2-3,6H,4-5,12H2,1H3,(H,13,14);1H. The van der Waals surface area contributed by atoms with E-state index in [-0.39, 0.29) is 18.3 Å². The van der Waals surface area contributed by atoms with Gasteiger partial charge in [-0.3, -0.25) is 4.79 Å². The summed E-state index contributed by atoms with van der Waals surface area (Å²) in [6.45, 7) is 2.87. The van der Waals surface area contributed by atoms with E-state index in [1.807, 2.05) is 19.1 Å². The third-order valence-corrected chi connectivity index (χ3v) is 2.37. The van der Waals surface area contributed by atoms with Crippen molar-refractivity contribution < 1.29 is 4.79 Å². The highest BCUT2D eigenvalue weighted by Gasteiger charge is 2.07. The van der Waals surface area contributed by atoms with Crippen molar-refractivity contribution >= 4 is 34.2 Å². The van der Waals surface area contributed by atoms with Gasteiger partial charge in [0.2, 0.25) is 0 Å². The summed E-state index contributed by atoms with van der Waals surface area (Å²) in [5.41, 5.74) is 6.95. The molecule has 0 atom stereocenters. The normalized spacial score (nSPS) is 9.27. The number of benzene rings is 1. The molecule has 0 bridgehead atoms. The van der Waals surface area contributed by atoms with Gasteiger partial charge in [-0.1, -0.05) is 22.0 Å². The number of amides is 1. The van der Waals surface area contributed by atoms with Crippen molar-refractivity contribution in [2.24, 2.45) is 5.73 Å². The molecule has 0 aliphatic carbocycles. The number of halogens is 2. The fraction of sp³-hybridized carbons (Fsp3) is 0.300. The molecule has 15 heavy (non-hydrogen) atoms. The molecule has 0 aliphatic heterocycles. The summed E-state index contributed by atoms with van der Waals surface area (Å²) >= 11 is 3.33. The van der Waals surface area contributed by atoms with E-state index in [2.05, 4.69) is 21.2 Å². The van der Waals surface area contributed by atoms with Gasteiger partial charge in [-0.25, -0.2) is 0 Å². The van der Waals surface area contributed by atoms with E-state index in [1.165, 1.54) is 0 Å². The summed E-state index contributed by atoms with van der Waals surface area (Å²) in [7, 11) is 0. The van der Waals surface area contributed by atoms with Crippen molar-refractivity contribution in [3.05, 3.63) is 33.8 Å². The van der Waals surface area contributed by atoms with Gasteiger partial charge in [0.1, 0.15) is 0 Å². The van der Waals surface area contributed by atoms with Crippen molar-refractivity contribution in [3.8, 4) is 0 Å². The molecule has 0 fully saturated rings. The van der Waals surface area contributed by atoms with Gasteiger partial charge in [-0.15, -0.1) is 12.4 Å². The Hall–Kier alpha value is -0.580. The molecular weight excluding hydrogens is 279 g/mol. The van der Waals surface area contributed by atoms with Gasteiger partial charge in [-0.2, -0.15) is 0 Å². The highest BCUT2D eigenvalue weighted by atomic mass is 79.9. The maximum atomic E-state index is 11.6. The van der Waals surface area contributed by atoms with Crippen molar-refractivity contribution in [1.82, 2.24) is 5.32 Å². The van der Waals surface area contributed by atoms with Crippen LogP contribution in [0, 0.1) is 6.92 Å². The van der Waals surface area contributed by atoms with Crippen LogP contribution < -0.4 is 11.1 Å². The van der Waals surface area contributed by atoms with Crippen LogP contribution in [0.25, 0.3) is 0 Å². The molecule has 1 aromatic carbocycles. The maximum Gasteiger partial charge on any atom is 0.251 e. The van der Waals surface area contributed by atoms with Gasteiger partial charge in [-0.05, 0) is 24.6 Å². The molecule has 0 spiro atoms. The lowest BCUT2D eigenvalue weighted by atomic mass is 10.1. The fourth-order valence-electron chi connectivity index (χ4n) is 1.12. The highest BCUT2D eigenvalue weighted by Crippen LogP contribution is 2.15. The molecule has 1 amide bonds. The van der Waals surface area contributed by atoms with Crippen LogP contribution in [-0.4, -0.2) is 19.0 Å². The SMILES string of the molecule is Cc1ccc(Br)cc1C(=O)NCCN.Cl. The second-order valence-electron chi connectivity index (χ2n) is 3.00. The van der Waals surface area contributed by atoms with E-state index in [1.54, 1.807) is 6.07 Å². The van der Waals surface area contributed by atoms with E-state index in [9.17, 15) is 4.79 Å². The summed E-state index contributed by atoms with van der Waals surface area (Å²) in [5, 5.41) is 2.73. The average molecular weight is 294 g/mol. The van der Waals surface area contributed by atoms with E-state index in [0.717, 1.165) is 10.0 Å². The molecule has 0 aliphatic rings. The lowest BCUT2D eigenvalue weighted by Crippen LogP contribution is -2.29. The van der Waals surface area contributed by atoms with E-state index in [4.69, 9.17) is 5.73 Å². The zero-order valence-corrected chi connectivity index (χ0v) is 10.8. The zero-order valence-electron chi connectivity index (χ0n) is 8.42. The Morgan fingerprint density at radius 1 is 1.53 bits per heavy atom. The molecule has 0 aromatic heterocycles. The van der Waals surface area contributed by atoms with Gasteiger partial charge in [0.05, 0.1) is 0 Å². The number of nitrogens with two attached hydrogens (primary N) is 1. The minimum absolute atomic E-state index is 0. The topological polar surface area (TPSA) is 55.1 Å². The van der Waals surface area contributed by atoms with Crippen LogP contribution in [0.3, 0.4) is 0 Å². The second-order valence-corrected chi connectivity index (χ2v) is 3.92. The molecule has 1 rings (SSSR count). The predicted molar refractivity (Wildman–Crippen MR) is 67.5 cm³/mol. The number of rotatable bonds is 3. The number of hydrogen-bond acceptors (Lipinski definition) is 2. The molecule has 0 saturated carbocycles. The fourth-order valence-corrected chi connectivity index (χ4v) is 1.48. The molecule has 3 N–H and O–H groups in total. The van der Waals surface area contributed by atoms with Gasteiger partial charge in [0.15, 0.2) is 0 Å². The first-order valence-corrected chi connectivity index (χ1v) is 5.19. The van der Waals surface area contributed by atoms with Crippen molar-refractivity contribution in [2.45, 2.75) is 6.92 Å². The lowest BCUT2D eigenvalue weighted by molar-refractivity contribution is 0.0954. The number of nitrogens with one attached hydrogen (secondary N) is 1. The van der Waals surface area contributed by atoms with Crippen LogP contribution in [0.1, 0.15) is 15.9 Å². The Balaban J connectivity index is 0.00000196. The largest absolute Gasteiger partial charge is 0.351 e. The maximum absolute atomic E-state index is 11.6. The lowest BCUT2D eigenvalue weighted by Gasteiger charge is -2.06. The molecule has 84 valence electrons. The Morgan fingerprint density at radius 3 is 2.80 bits per heavy atom. The Labute approximate surface area is 104 Å². The molecular formula is C10H14BrClN2O. The number of carbonyl (C=O) groups is 1. The molecule has 3 nitrogen and oxygen atoms in total. The molecule has 5 heteroatoms. The molecule has 1 aromatic rings. The monoisotopic (exact) mass is 292 g/mol. The van der Waals surface area contributed by atoms with Crippen LogP contribution in [0.5, 0.6) is 0 Å². The molecule has 0 radical (unpaired) electrons.